The van der Waals surface area contributed by atoms with Crippen molar-refractivity contribution in [1.82, 2.24) is 5.32 Å². The minimum Gasteiger partial charge on any atom is -0.394 e. The molecule has 78 valence electrons. The van der Waals surface area contributed by atoms with Crippen LogP contribution in [0.1, 0.15) is 26.7 Å². The summed E-state index contributed by atoms with van der Waals surface area (Å²) in [5, 5.41) is 11.4. The molecule has 0 rings (SSSR count). The number of hydrogen-bond donors (Lipinski definition) is 3. The maximum atomic E-state index is 11.2. The number of carbonyl (C=O) groups excluding carboxylic acids is 1. The molecule has 13 heavy (non-hydrogen) atoms. The topological polar surface area (TPSA) is 75.4 Å². The molecule has 0 aromatic rings. The molecular weight excluding hydrogens is 168 g/mol. The molecule has 4 heteroatoms. The van der Waals surface area contributed by atoms with Crippen LogP contribution >= 0.6 is 0 Å². The molecule has 0 heterocycles. The Bertz CT molecular complexity index is 151. The van der Waals surface area contributed by atoms with E-state index >= 15 is 0 Å². The molecule has 2 atom stereocenters. The third-order valence-corrected chi connectivity index (χ3v) is 1.95. The fourth-order valence-corrected chi connectivity index (χ4v) is 0.888. The predicted octanol–water partition coefficient (Wildman–Crippen LogP) is -0.142. The summed E-state index contributed by atoms with van der Waals surface area (Å²) in [4.78, 5) is 11.2. The molecule has 0 aromatic heterocycles. The molecule has 0 spiro atoms. The van der Waals surface area contributed by atoms with E-state index in [0.717, 1.165) is 6.42 Å². The Balaban J connectivity index is 3.51. The first kappa shape index (κ1) is 12.4. The predicted molar refractivity (Wildman–Crippen MR) is 52.1 cm³/mol. The highest BCUT2D eigenvalue weighted by molar-refractivity contribution is 5.76. The fraction of sp³-hybridized carbons (Fsp3) is 0.889. The zero-order valence-electron chi connectivity index (χ0n) is 8.42. The zero-order valence-corrected chi connectivity index (χ0v) is 8.42. The lowest BCUT2D eigenvalue weighted by atomic mass is 10.1. The van der Waals surface area contributed by atoms with Crippen LogP contribution in [0, 0.1) is 5.92 Å². The Hall–Kier alpha value is -0.610. The van der Waals surface area contributed by atoms with Crippen LogP contribution in [0.25, 0.3) is 0 Å². The Labute approximate surface area is 79.5 Å². The summed E-state index contributed by atoms with van der Waals surface area (Å²) in [5.41, 5.74) is 5.41. The van der Waals surface area contributed by atoms with Crippen LogP contribution in [0.3, 0.4) is 0 Å². The summed E-state index contributed by atoms with van der Waals surface area (Å²) in [6.45, 7) is 4.38. The van der Waals surface area contributed by atoms with Gasteiger partial charge >= 0.3 is 0 Å². The molecule has 4 N–H and O–H groups in total. The number of rotatable bonds is 6. The van der Waals surface area contributed by atoms with Gasteiger partial charge in [-0.3, -0.25) is 4.79 Å². The number of aliphatic hydroxyl groups is 1. The molecule has 0 aliphatic carbocycles. The molecule has 0 aromatic carbocycles. The second-order valence-corrected chi connectivity index (χ2v) is 3.53. The van der Waals surface area contributed by atoms with Crippen LogP contribution in [-0.2, 0) is 4.79 Å². The molecule has 0 saturated heterocycles. The van der Waals surface area contributed by atoms with Gasteiger partial charge < -0.3 is 16.2 Å². The van der Waals surface area contributed by atoms with Crippen LogP contribution in [0.15, 0.2) is 0 Å². The normalized spacial score (nSPS) is 15.1. The average molecular weight is 188 g/mol. The van der Waals surface area contributed by atoms with Gasteiger partial charge in [-0.1, -0.05) is 6.92 Å². The maximum absolute atomic E-state index is 11.2. The van der Waals surface area contributed by atoms with E-state index in [0.29, 0.717) is 18.9 Å². The van der Waals surface area contributed by atoms with Gasteiger partial charge in [0, 0.05) is 12.5 Å². The van der Waals surface area contributed by atoms with Crippen LogP contribution < -0.4 is 11.1 Å². The van der Waals surface area contributed by atoms with Crippen LogP contribution in [-0.4, -0.2) is 30.2 Å². The smallest absolute Gasteiger partial charge is 0.220 e. The lowest BCUT2D eigenvalue weighted by Crippen LogP contribution is -2.35. The molecule has 1 unspecified atom stereocenters. The lowest BCUT2D eigenvalue weighted by Gasteiger charge is -2.12. The molecule has 0 fully saturated rings. The summed E-state index contributed by atoms with van der Waals surface area (Å²) in [6.07, 6.45) is 1.29. The van der Waals surface area contributed by atoms with Crippen LogP contribution in [0.4, 0.5) is 0 Å². The standard InChI is InChI=1S/C9H20N2O2/c1-7(5-10)3-4-9(13)11-8(2)6-12/h7-8,12H,3-6,10H2,1-2H3,(H,11,13)/t7?,8-/m0/s1. The molecule has 0 aliphatic heterocycles. The molecular formula is C9H20N2O2. The van der Waals surface area contributed by atoms with Gasteiger partial charge in [-0.2, -0.15) is 0 Å². The summed E-state index contributed by atoms with van der Waals surface area (Å²) < 4.78 is 0. The Morgan fingerprint density at radius 3 is 2.62 bits per heavy atom. The minimum atomic E-state index is -0.152. The van der Waals surface area contributed by atoms with Crippen molar-refractivity contribution in [3.05, 3.63) is 0 Å². The highest BCUT2D eigenvalue weighted by Crippen LogP contribution is 2.02. The van der Waals surface area contributed by atoms with E-state index in [9.17, 15) is 4.79 Å². The minimum absolute atomic E-state index is 0.0122. The quantitative estimate of drug-likeness (QED) is 0.543. The van der Waals surface area contributed by atoms with Crippen molar-refractivity contribution in [2.24, 2.45) is 11.7 Å². The van der Waals surface area contributed by atoms with Crippen molar-refractivity contribution in [2.75, 3.05) is 13.2 Å². The third-order valence-electron chi connectivity index (χ3n) is 1.95. The largest absolute Gasteiger partial charge is 0.394 e. The van der Waals surface area contributed by atoms with E-state index < -0.39 is 0 Å². The monoisotopic (exact) mass is 188 g/mol. The van der Waals surface area contributed by atoms with Gasteiger partial charge in [0.15, 0.2) is 0 Å². The third kappa shape index (κ3) is 6.54. The van der Waals surface area contributed by atoms with Gasteiger partial charge in [0.05, 0.1) is 6.61 Å². The maximum Gasteiger partial charge on any atom is 0.220 e. The van der Waals surface area contributed by atoms with E-state index in [1.807, 2.05) is 6.92 Å². The lowest BCUT2D eigenvalue weighted by molar-refractivity contribution is -0.122. The molecule has 4 nitrogen and oxygen atoms in total. The van der Waals surface area contributed by atoms with Crippen LogP contribution in [0.5, 0.6) is 0 Å². The van der Waals surface area contributed by atoms with E-state index in [1.165, 1.54) is 0 Å². The van der Waals surface area contributed by atoms with E-state index in [4.69, 9.17) is 10.8 Å². The number of carbonyl (C=O) groups is 1. The van der Waals surface area contributed by atoms with Gasteiger partial charge in [-0.25, -0.2) is 0 Å². The van der Waals surface area contributed by atoms with Crippen molar-refractivity contribution < 1.29 is 9.90 Å². The molecule has 0 saturated carbocycles. The highest BCUT2D eigenvalue weighted by Gasteiger charge is 2.07. The second-order valence-electron chi connectivity index (χ2n) is 3.53. The van der Waals surface area contributed by atoms with Gasteiger partial charge in [-0.15, -0.1) is 0 Å². The summed E-state index contributed by atoms with van der Waals surface area (Å²) in [5.74, 6) is 0.372. The van der Waals surface area contributed by atoms with Crippen LogP contribution in [0.2, 0.25) is 0 Å². The van der Waals surface area contributed by atoms with Crippen molar-refractivity contribution in [3.63, 3.8) is 0 Å². The second kappa shape index (κ2) is 6.86. The van der Waals surface area contributed by atoms with Crippen molar-refractivity contribution >= 4 is 5.91 Å². The molecule has 1 amide bonds. The molecule has 0 aliphatic rings. The first-order chi connectivity index (χ1) is 6.10. The van der Waals surface area contributed by atoms with E-state index in [-0.39, 0.29) is 18.6 Å². The van der Waals surface area contributed by atoms with Gasteiger partial charge in [-0.05, 0) is 25.8 Å². The zero-order chi connectivity index (χ0) is 10.3. The van der Waals surface area contributed by atoms with Gasteiger partial charge in [0.25, 0.3) is 0 Å². The van der Waals surface area contributed by atoms with Crippen molar-refractivity contribution in [2.45, 2.75) is 32.7 Å². The van der Waals surface area contributed by atoms with Crippen molar-refractivity contribution in [1.29, 1.82) is 0 Å². The average Bonchev–Trinajstić information content (AvgIpc) is 2.13. The highest BCUT2D eigenvalue weighted by atomic mass is 16.3. The summed E-state index contributed by atoms with van der Waals surface area (Å²) in [6, 6.07) is -0.152. The number of nitrogens with one attached hydrogen (secondary N) is 1. The fourth-order valence-electron chi connectivity index (χ4n) is 0.888. The molecule has 0 radical (unpaired) electrons. The SMILES string of the molecule is CC(CN)CCC(=O)N[C@@H](C)CO. The summed E-state index contributed by atoms with van der Waals surface area (Å²) >= 11 is 0. The number of amides is 1. The van der Waals surface area contributed by atoms with E-state index in [2.05, 4.69) is 5.32 Å². The summed E-state index contributed by atoms with van der Waals surface area (Å²) in [7, 11) is 0. The van der Waals surface area contributed by atoms with Crippen molar-refractivity contribution in [3.8, 4) is 0 Å². The number of hydrogen-bond acceptors (Lipinski definition) is 3. The number of nitrogens with two attached hydrogens (primary N) is 1. The first-order valence-electron chi connectivity index (χ1n) is 4.70. The van der Waals surface area contributed by atoms with Gasteiger partial charge in [0.2, 0.25) is 5.91 Å². The molecule has 0 bridgehead atoms. The Morgan fingerprint density at radius 1 is 1.54 bits per heavy atom. The first-order valence-corrected chi connectivity index (χ1v) is 4.70. The Kier molecular flexibility index (Phi) is 6.54. The van der Waals surface area contributed by atoms with Gasteiger partial charge in [0.1, 0.15) is 0 Å². The van der Waals surface area contributed by atoms with E-state index in [1.54, 1.807) is 6.92 Å². The number of aliphatic hydroxyl groups excluding tert-OH is 1. The Morgan fingerprint density at radius 2 is 2.15 bits per heavy atom.